The first kappa shape index (κ1) is 13.6. The summed E-state index contributed by atoms with van der Waals surface area (Å²) in [5.41, 5.74) is 0.799. The Morgan fingerprint density at radius 3 is 2.47 bits per heavy atom. The summed E-state index contributed by atoms with van der Waals surface area (Å²) in [6, 6.07) is 0. The van der Waals surface area contributed by atoms with Crippen LogP contribution in [0.5, 0.6) is 0 Å². The van der Waals surface area contributed by atoms with Crippen LogP contribution < -0.4 is 0 Å². The molecule has 1 saturated heterocycles. The summed E-state index contributed by atoms with van der Waals surface area (Å²) in [7, 11) is 0. The number of nitrogens with zero attached hydrogens (tertiary/aromatic N) is 2. The van der Waals surface area contributed by atoms with E-state index in [-0.39, 0.29) is 18.2 Å². The summed E-state index contributed by atoms with van der Waals surface area (Å²) in [5, 5.41) is 8.90. The van der Waals surface area contributed by atoms with Crippen molar-refractivity contribution in [2.24, 2.45) is 5.92 Å². The second-order valence-corrected chi connectivity index (χ2v) is 4.92. The number of aryl methyl sites for hydroxylation is 2. The third-order valence-corrected chi connectivity index (χ3v) is 3.57. The standard InChI is InChI=1S/C13H18N2O4/c1-8-9(2)19-11(14-8)7-12(16)15-5-3-10(4-6-15)13(17)18/h10H,3-7H2,1-2H3,(H,17,18). The van der Waals surface area contributed by atoms with E-state index in [0.717, 1.165) is 11.5 Å². The minimum atomic E-state index is -0.772. The fraction of sp³-hybridized carbons (Fsp3) is 0.615. The largest absolute Gasteiger partial charge is 0.481 e. The van der Waals surface area contributed by atoms with Crippen molar-refractivity contribution in [2.75, 3.05) is 13.1 Å². The molecule has 1 N–H and O–H groups in total. The Balaban J connectivity index is 1.89. The molecule has 1 fully saturated rings. The van der Waals surface area contributed by atoms with E-state index in [9.17, 15) is 9.59 Å². The maximum atomic E-state index is 12.0. The van der Waals surface area contributed by atoms with Gasteiger partial charge in [-0.2, -0.15) is 0 Å². The van der Waals surface area contributed by atoms with E-state index in [0.29, 0.717) is 31.8 Å². The van der Waals surface area contributed by atoms with Crippen LogP contribution in [-0.2, 0) is 16.0 Å². The molecule has 0 saturated carbocycles. The van der Waals surface area contributed by atoms with E-state index < -0.39 is 5.97 Å². The SMILES string of the molecule is Cc1nc(CC(=O)N2CCC(C(=O)O)CC2)oc1C. The Bertz CT molecular complexity index is 467. The first-order valence-electron chi connectivity index (χ1n) is 6.41. The van der Waals surface area contributed by atoms with Crippen LogP contribution in [0.1, 0.15) is 30.2 Å². The molecule has 104 valence electrons. The molecule has 0 aliphatic carbocycles. The number of piperidine rings is 1. The van der Waals surface area contributed by atoms with Crippen molar-refractivity contribution in [3.05, 3.63) is 17.3 Å². The van der Waals surface area contributed by atoms with Crippen molar-refractivity contribution < 1.29 is 19.1 Å². The Kier molecular flexibility index (Phi) is 3.87. The molecule has 6 heteroatoms. The highest BCUT2D eigenvalue weighted by atomic mass is 16.4. The molecule has 1 amide bonds. The number of oxazole rings is 1. The van der Waals surface area contributed by atoms with Gasteiger partial charge in [-0.1, -0.05) is 0 Å². The number of carbonyl (C=O) groups is 2. The van der Waals surface area contributed by atoms with Gasteiger partial charge in [0.2, 0.25) is 11.8 Å². The molecular weight excluding hydrogens is 248 g/mol. The molecule has 0 radical (unpaired) electrons. The first-order valence-corrected chi connectivity index (χ1v) is 6.41. The fourth-order valence-electron chi connectivity index (χ4n) is 2.23. The molecule has 6 nitrogen and oxygen atoms in total. The topological polar surface area (TPSA) is 83.6 Å². The number of likely N-dealkylation sites (tertiary alicyclic amines) is 1. The number of hydrogen-bond donors (Lipinski definition) is 1. The Labute approximate surface area is 111 Å². The van der Waals surface area contributed by atoms with Crippen LogP contribution in [0.25, 0.3) is 0 Å². The quantitative estimate of drug-likeness (QED) is 0.887. The van der Waals surface area contributed by atoms with Crippen LogP contribution >= 0.6 is 0 Å². The zero-order valence-corrected chi connectivity index (χ0v) is 11.2. The highest BCUT2D eigenvalue weighted by molar-refractivity contribution is 5.78. The lowest BCUT2D eigenvalue weighted by Gasteiger charge is -2.29. The summed E-state index contributed by atoms with van der Waals surface area (Å²) in [4.78, 5) is 28.7. The van der Waals surface area contributed by atoms with Gasteiger partial charge in [-0.05, 0) is 26.7 Å². The van der Waals surface area contributed by atoms with Gasteiger partial charge in [0.05, 0.1) is 11.6 Å². The number of rotatable bonds is 3. The molecule has 0 aromatic carbocycles. The van der Waals surface area contributed by atoms with Crippen LogP contribution in [-0.4, -0.2) is 40.0 Å². The molecule has 1 aromatic heterocycles. The third kappa shape index (κ3) is 3.13. The molecule has 2 rings (SSSR count). The van der Waals surface area contributed by atoms with Gasteiger partial charge in [-0.25, -0.2) is 4.98 Å². The number of amides is 1. The monoisotopic (exact) mass is 266 g/mol. The average Bonchev–Trinajstić information content (AvgIpc) is 2.68. The van der Waals surface area contributed by atoms with E-state index >= 15 is 0 Å². The molecule has 1 aliphatic rings. The predicted octanol–water partition coefficient (Wildman–Crippen LogP) is 1.16. The Hall–Kier alpha value is -1.85. The molecular formula is C13H18N2O4. The van der Waals surface area contributed by atoms with Crippen molar-refractivity contribution in [3.8, 4) is 0 Å². The lowest BCUT2D eigenvalue weighted by Crippen LogP contribution is -2.41. The van der Waals surface area contributed by atoms with Crippen molar-refractivity contribution >= 4 is 11.9 Å². The highest BCUT2D eigenvalue weighted by Crippen LogP contribution is 2.18. The maximum absolute atomic E-state index is 12.0. The molecule has 2 heterocycles. The Morgan fingerprint density at radius 1 is 1.37 bits per heavy atom. The van der Waals surface area contributed by atoms with Gasteiger partial charge in [0.25, 0.3) is 0 Å². The molecule has 0 unspecified atom stereocenters. The molecule has 0 atom stereocenters. The number of aromatic nitrogens is 1. The fourth-order valence-corrected chi connectivity index (χ4v) is 2.23. The highest BCUT2D eigenvalue weighted by Gasteiger charge is 2.27. The van der Waals surface area contributed by atoms with Crippen LogP contribution in [0, 0.1) is 19.8 Å². The minimum absolute atomic E-state index is 0.0508. The normalized spacial score (nSPS) is 16.6. The summed E-state index contributed by atoms with van der Waals surface area (Å²) in [6.45, 7) is 4.64. The number of carbonyl (C=O) groups excluding carboxylic acids is 1. The molecule has 1 aromatic rings. The van der Waals surface area contributed by atoms with E-state index in [1.54, 1.807) is 4.90 Å². The summed E-state index contributed by atoms with van der Waals surface area (Å²) in [6.07, 6.45) is 1.18. The number of carboxylic acids is 1. The van der Waals surface area contributed by atoms with Gasteiger partial charge < -0.3 is 14.4 Å². The van der Waals surface area contributed by atoms with E-state index in [2.05, 4.69) is 4.98 Å². The predicted molar refractivity (Wildman–Crippen MR) is 66.6 cm³/mol. The molecule has 1 aliphatic heterocycles. The third-order valence-electron chi connectivity index (χ3n) is 3.57. The summed E-state index contributed by atoms with van der Waals surface area (Å²) < 4.78 is 5.38. The van der Waals surface area contributed by atoms with Gasteiger partial charge in [-0.15, -0.1) is 0 Å². The van der Waals surface area contributed by atoms with Crippen molar-refractivity contribution in [2.45, 2.75) is 33.1 Å². The minimum Gasteiger partial charge on any atom is -0.481 e. The molecule has 0 bridgehead atoms. The number of carboxylic acid groups (broad SMARTS) is 1. The van der Waals surface area contributed by atoms with Gasteiger partial charge in [0.1, 0.15) is 12.2 Å². The molecule has 0 spiro atoms. The van der Waals surface area contributed by atoms with Crippen LogP contribution in [0.15, 0.2) is 4.42 Å². The van der Waals surface area contributed by atoms with Crippen molar-refractivity contribution in [1.29, 1.82) is 0 Å². The van der Waals surface area contributed by atoms with Crippen molar-refractivity contribution in [1.82, 2.24) is 9.88 Å². The maximum Gasteiger partial charge on any atom is 0.306 e. The van der Waals surface area contributed by atoms with Crippen LogP contribution in [0.4, 0.5) is 0 Å². The van der Waals surface area contributed by atoms with Crippen LogP contribution in [0.2, 0.25) is 0 Å². The Morgan fingerprint density at radius 2 is 2.00 bits per heavy atom. The summed E-state index contributed by atoms with van der Waals surface area (Å²) in [5.74, 6) is 0.0131. The zero-order chi connectivity index (χ0) is 14.0. The summed E-state index contributed by atoms with van der Waals surface area (Å²) >= 11 is 0. The van der Waals surface area contributed by atoms with E-state index in [1.807, 2.05) is 13.8 Å². The van der Waals surface area contributed by atoms with Crippen LogP contribution in [0.3, 0.4) is 0 Å². The smallest absolute Gasteiger partial charge is 0.306 e. The zero-order valence-electron chi connectivity index (χ0n) is 11.2. The first-order chi connectivity index (χ1) is 8.97. The number of hydrogen-bond acceptors (Lipinski definition) is 4. The van der Waals surface area contributed by atoms with E-state index in [4.69, 9.17) is 9.52 Å². The molecule has 19 heavy (non-hydrogen) atoms. The lowest BCUT2D eigenvalue weighted by molar-refractivity contribution is -0.145. The second-order valence-electron chi connectivity index (χ2n) is 4.92. The number of aliphatic carboxylic acids is 1. The van der Waals surface area contributed by atoms with E-state index in [1.165, 1.54) is 0 Å². The van der Waals surface area contributed by atoms with Gasteiger partial charge in [0, 0.05) is 13.1 Å². The lowest BCUT2D eigenvalue weighted by atomic mass is 9.97. The second kappa shape index (κ2) is 5.42. The van der Waals surface area contributed by atoms with Gasteiger partial charge >= 0.3 is 5.97 Å². The van der Waals surface area contributed by atoms with Gasteiger partial charge in [0.15, 0.2) is 0 Å². The van der Waals surface area contributed by atoms with Crippen molar-refractivity contribution in [3.63, 3.8) is 0 Å². The van der Waals surface area contributed by atoms with Gasteiger partial charge in [-0.3, -0.25) is 9.59 Å². The average molecular weight is 266 g/mol.